The third-order valence-corrected chi connectivity index (χ3v) is 4.02. The van der Waals surface area contributed by atoms with Crippen LogP contribution in [0, 0.1) is 3.57 Å². The van der Waals surface area contributed by atoms with Crippen molar-refractivity contribution in [3.63, 3.8) is 0 Å². The van der Waals surface area contributed by atoms with Crippen LogP contribution in [0.5, 0.6) is 5.75 Å². The van der Waals surface area contributed by atoms with Gasteiger partial charge in [0.2, 0.25) is 0 Å². The molecule has 78 valence electrons. The number of nitrogens with one attached hydrogen (secondary N) is 1. The topological polar surface area (TPSA) is 41.5 Å². The number of thiocarbonyl (C=S) groups is 1. The molecule has 5 heteroatoms. The summed E-state index contributed by atoms with van der Waals surface area (Å²) in [6, 6.07) is 7.09. The first-order valence-corrected chi connectivity index (χ1v) is 6.64. The predicted molar refractivity (Wildman–Crippen MR) is 54.2 cm³/mol. The zero-order valence-electron chi connectivity index (χ0n) is 7.66. The van der Waals surface area contributed by atoms with Crippen LogP contribution in [0.2, 0.25) is 0 Å². The van der Waals surface area contributed by atoms with Crippen LogP contribution in [-0.2, 0) is 4.74 Å². The third-order valence-electron chi connectivity index (χ3n) is 1.34. The van der Waals surface area contributed by atoms with E-state index in [9.17, 15) is 0 Å². The molecular formula is C9H11INO2S-. The number of hydrogen-bond donors (Lipinski definition) is 2. The van der Waals surface area contributed by atoms with Crippen LogP contribution in [0.15, 0.2) is 24.3 Å². The standard InChI is InChI=1S/C9H11INO2S/c1-2-13-9(14)11-10-7-3-5-8(12)6-4-7/h3-6,12H,2H2,1H3,(H,11,14)/q-1. The summed E-state index contributed by atoms with van der Waals surface area (Å²) in [4.78, 5) is 0. The van der Waals surface area contributed by atoms with Gasteiger partial charge in [-0.2, -0.15) is 0 Å². The second kappa shape index (κ2) is 6.02. The Morgan fingerprint density at radius 3 is 2.71 bits per heavy atom. The van der Waals surface area contributed by atoms with Crippen molar-refractivity contribution >= 4 is 17.4 Å². The predicted octanol–water partition coefficient (Wildman–Crippen LogP) is -1.52. The summed E-state index contributed by atoms with van der Waals surface area (Å²) < 4.78 is 9.30. The van der Waals surface area contributed by atoms with Crippen molar-refractivity contribution in [1.82, 2.24) is 3.53 Å². The molecule has 3 nitrogen and oxygen atoms in total. The molecule has 1 aromatic rings. The van der Waals surface area contributed by atoms with Crippen molar-refractivity contribution in [2.75, 3.05) is 6.61 Å². The summed E-state index contributed by atoms with van der Waals surface area (Å²) in [5.41, 5.74) is 0. The van der Waals surface area contributed by atoms with E-state index >= 15 is 0 Å². The molecule has 0 unspecified atom stereocenters. The molecule has 0 heterocycles. The summed E-state index contributed by atoms with van der Waals surface area (Å²) in [5.74, 6) is 0.283. The molecule has 0 bridgehead atoms. The number of phenols is 1. The first kappa shape index (κ1) is 11.5. The quantitative estimate of drug-likeness (QED) is 0.403. The molecule has 0 atom stereocenters. The van der Waals surface area contributed by atoms with Crippen molar-refractivity contribution in [3.05, 3.63) is 27.8 Å². The van der Waals surface area contributed by atoms with Crippen molar-refractivity contribution in [2.24, 2.45) is 0 Å². The number of benzene rings is 1. The van der Waals surface area contributed by atoms with E-state index in [0.29, 0.717) is 11.8 Å². The molecule has 0 radical (unpaired) electrons. The molecule has 0 spiro atoms. The van der Waals surface area contributed by atoms with E-state index in [1.54, 1.807) is 12.1 Å². The van der Waals surface area contributed by atoms with Gasteiger partial charge in [0.25, 0.3) is 0 Å². The summed E-state index contributed by atoms with van der Waals surface area (Å²) in [6.07, 6.45) is 0. The van der Waals surface area contributed by atoms with E-state index in [1.165, 1.54) is 0 Å². The summed E-state index contributed by atoms with van der Waals surface area (Å²) in [5, 5.41) is 9.51. The minimum atomic E-state index is -0.366. The van der Waals surface area contributed by atoms with Gasteiger partial charge in [-0.3, -0.25) is 0 Å². The van der Waals surface area contributed by atoms with Crippen molar-refractivity contribution in [3.8, 4) is 5.75 Å². The van der Waals surface area contributed by atoms with Crippen LogP contribution in [0.1, 0.15) is 6.92 Å². The molecule has 0 aromatic heterocycles. The van der Waals surface area contributed by atoms with Gasteiger partial charge in [0.15, 0.2) is 0 Å². The van der Waals surface area contributed by atoms with Gasteiger partial charge in [-0.1, -0.05) is 0 Å². The summed E-state index contributed by atoms with van der Waals surface area (Å²) in [6.45, 7) is 2.48. The van der Waals surface area contributed by atoms with Gasteiger partial charge in [-0.25, -0.2) is 0 Å². The number of ether oxygens (including phenoxy) is 1. The van der Waals surface area contributed by atoms with Gasteiger partial charge in [-0.05, 0) is 0 Å². The third kappa shape index (κ3) is 4.10. The van der Waals surface area contributed by atoms with Crippen molar-refractivity contribution in [1.29, 1.82) is 0 Å². The Hall–Kier alpha value is -0.560. The van der Waals surface area contributed by atoms with Gasteiger partial charge >= 0.3 is 99.4 Å². The Morgan fingerprint density at radius 2 is 2.14 bits per heavy atom. The monoisotopic (exact) mass is 324 g/mol. The van der Waals surface area contributed by atoms with E-state index in [4.69, 9.17) is 22.1 Å². The Morgan fingerprint density at radius 1 is 1.50 bits per heavy atom. The molecule has 1 aromatic carbocycles. The van der Waals surface area contributed by atoms with E-state index in [-0.39, 0.29) is 27.2 Å². The van der Waals surface area contributed by atoms with Crippen LogP contribution < -0.4 is 25.0 Å². The Balaban J connectivity index is 2.38. The summed E-state index contributed by atoms with van der Waals surface area (Å²) >= 11 is 4.56. The molecule has 14 heavy (non-hydrogen) atoms. The van der Waals surface area contributed by atoms with Gasteiger partial charge in [0, 0.05) is 0 Å². The number of rotatable bonds is 3. The van der Waals surface area contributed by atoms with Crippen molar-refractivity contribution < 1.29 is 31.3 Å². The van der Waals surface area contributed by atoms with Gasteiger partial charge in [0.05, 0.1) is 0 Å². The van der Waals surface area contributed by atoms with Gasteiger partial charge in [0.1, 0.15) is 0 Å². The first-order chi connectivity index (χ1) is 6.72. The average Bonchev–Trinajstić information content (AvgIpc) is 2.17. The number of aromatic hydroxyl groups is 1. The van der Waals surface area contributed by atoms with Crippen LogP contribution >= 0.6 is 12.2 Å². The first-order valence-electron chi connectivity index (χ1n) is 4.08. The molecular weight excluding hydrogens is 313 g/mol. The van der Waals surface area contributed by atoms with E-state index < -0.39 is 0 Å². The summed E-state index contributed by atoms with van der Waals surface area (Å²) in [7, 11) is 0. The number of hydrogen-bond acceptors (Lipinski definition) is 3. The molecule has 0 aliphatic heterocycles. The normalized spacial score (nSPS) is 9.79. The van der Waals surface area contributed by atoms with Crippen LogP contribution in [0.3, 0.4) is 0 Å². The second-order valence-corrected chi connectivity index (χ2v) is 5.08. The molecule has 0 aliphatic carbocycles. The molecule has 0 saturated carbocycles. The fourth-order valence-electron chi connectivity index (χ4n) is 0.756. The fraction of sp³-hybridized carbons (Fsp3) is 0.222. The van der Waals surface area contributed by atoms with Crippen molar-refractivity contribution in [2.45, 2.75) is 6.92 Å². The fourth-order valence-corrected chi connectivity index (χ4v) is 2.54. The van der Waals surface area contributed by atoms with E-state index in [2.05, 4.69) is 3.53 Å². The zero-order chi connectivity index (χ0) is 10.4. The Bertz CT molecular complexity index is 302. The molecule has 2 N–H and O–H groups in total. The minimum absolute atomic E-state index is 0.283. The molecule has 0 amide bonds. The number of halogens is 1. The average molecular weight is 324 g/mol. The number of phenolic OH excluding ortho intramolecular Hbond substituents is 1. The van der Waals surface area contributed by atoms with Gasteiger partial charge in [-0.15, -0.1) is 0 Å². The zero-order valence-corrected chi connectivity index (χ0v) is 10.6. The van der Waals surface area contributed by atoms with Crippen LogP contribution in [-0.4, -0.2) is 16.9 Å². The second-order valence-electron chi connectivity index (χ2n) is 2.39. The van der Waals surface area contributed by atoms with Crippen LogP contribution in [0.25, 0.3) is 0 Å². The Kier molecular flexibility index (Phi) is 4.95. The maximum absolute atomic E-state index is 9.06. The van der Waals surface area contributed by atoms with E-state index in [1.807, 2.05) is 19.1 Å². The molecule has 1 rings (SSSR count). The maximum atomic E-state index is 9.06. The molecule has 0 saturated heterocycles. The Labute approximate surface area is 99.1 Å². The van der Waals surface area contributed by atoms with E-state index in [0.717, 1.165) is 3.57 Å². The SMILES string of the molecule is CCOC(=S)N[I-]c1ccc(O)cc1. The molecule has 0 aliphatic rings. The van der Waals surface area contributed by atoms with Crippen LogP contribution in [0.4, 0.5) is 0 Å². The molecule has 0 fully saturated rings. The van der Waals surface area contributed by atoms with Gasteiger partial charge < -0.3 is 0 Å².